The normalized spacial score (nSPS) is 20.0. The molecule has 2 aliphatic rings. The molecule has 0 spiro atoms. The van der Waals surface area contributed by atoms with Gasteiger partial charge >= 0.3 is 0 Å². The third-order valence-corrected chi connectivity index (χ3v) is 8.57. The Morgan fingerprint density at radius 2 is 1.55 bits per heavy atom. The Labute approximate surface area is 250 Å². The Hall–Kier alpha value is -3.16. The van der Waals surface area contributed by atoms with Crippen molar-refractivity contribution in [3.05, 3.63) is 65.6 Å². The Morgan fingerprint density at radius 1 is 0.905 bits per heavy atom. The van der Waals surface area contributed by atoms with E-state index in [1.165, 1.54) is 30.6 Å². The molecule has 0 bridgehead atoms. The molecule has 9 nitrogen and oxygen atoms in total. The summed E-state index contributed by atoms with van der Waals surface area (Å²) in [5.74, 6) is -0.530. The van der Waals surface area contributed by atoms with Gasteiger partial charge in [-0.05, 0) is 62.6 Å². The van der Waals surface area contributed by atoms with Crippen LogP contribution >= 0.6 is 11.6 Å². The number of halogens is 3. The average molecular weight is 618 g/mol. The summed E-state index contributed by atoms with van der Waals surface area (Å²) in [5, 5.41) is 4.97. The highest BCUT2D eigenvalue weighted by atomic mass is 35.5. The molecule has 6 rings (SSSR count). The summed E-state index contributed by atoms with van der Waals surface area (Å²) in [7, 11) is -0.432. The van der Waals surface area contributed by atoms with Crippen molar-refractivity contribution in [2.24, 2.45) is 5.14 Å². The lowest BCUT2D eigenvalue weighted by Gasteiger charge is -2.41. The van der Waals surface area contributed by atoms with Gasteiger partial charge in [0, 0.05) is 61.1 Å². The van der Waals surface area contributed by atoms with E-state index in [9.17, 15) is 4.39 Å². The second kappa shape index (κ2) is 13.0. The van der Waals surface area contributed by atoms with Crippen LogP contribution in [-0.2, 0) is 10.9 Å². The molecule has 4 aromatic rings. The number of likely N-dealkylation sites (N-methyl/N-ethyl adjacent to an activating group) is 1. The third-order valence-electron chi connectivity index (χ3n) is 8.25. The maximum Gasteiger partial charge on any atom is 0.198 e. The van der Waals surface area contributed by atoms with Crippen LogP contribution in [0, 0.1) is 11.6 Å². The van der Waals surface area contributed by atoms with Gasteiger partial charge in [-0.25, -0.2) is 32.3 Å². The molecule has 2 aromatic heterocycles. The van der Waals surface area contributed by atoms with Gasteiger partial charge in [0.15, 0.2) is 10.9 Å². The first kappa shape index (κ1) is 30.3. The number of nitrogens with two attached hydrogens (primary N) is 2. The molecule has 2 fully saturated rings. The zero-order chi connectivity index (χ0) is 30.0. The van der Waals surface area contributed by atoms with Gasteiger partial charge in [-0.3, -0.25) is 4.90 Å². The quantitative estimate of drug-likeness (QED) is 0.289. The summed E-state index contributed by atoms with van der Waals surface area (Å²) >= 11 is 6.20. The lowest BCUT2D eigenvalue weighted by molar-refractivity contribution is 0.0828. The van der Waals surface area contributed by atoms with Crippen LogP contribution in [0.2, 0.25) is 5.02 Å². The maximum absolute atomic E-state index is 15.4. The van der Waals surface area contributed by atoms with Gasteiger partial charge in [-0.15, -0.1) is 0 Å². The van der Waals surface area contributed by atoms with Crippen molar-refractivity contribution in [1.82, 2.24) is 24.3 Å². The molecule has 13 heteroatoms. The topological polar surface area (TPSA) is 123 Å². The number of fused-ring (bicyclic) bond motifs is 1. The Morgan fingerprint density at radius 3 is 2.19 bits per heavy atom. The minimum atomic E-state index is -2.62. The molecule has 0 unspecified atom stereocenters. The fourth-order valence-electron chi connectivity index (χ4n) is 6.10. The lowest BCUT2D eigenvalue weighted by atomic mass is 9.89. The van der Waals surface area contributed by atoms with Crippen LogP contribution in [0.1, 0.15) is 31.7 Å². The van der Waals surface area contributed by atoms with Gasteiger partial charge in [0.1, 0.15) is 29.4 Å². The van der Waals surface area contributed by atoms with E-state index in [-0.39, 0.29) is 5.02 Å². The van der Waals surface area contributed by atoms with Gasteiger partial charge in [0.2, 0.25) is 0 Å². The molecule has 0 atom stereocenters. The van der Waals surface area contributed by atoms with E-state index in [1.807, 2.05) is 6.07 Å². The van der Waals surface area contributed by atoms with Crippen molar-refractivity contribution >= 4 is 39.3 Å². The van der Waals surface area contributed by atoms with Gasteiger partial charge in [0.25, 0.3) is 0 Å². The number of aromatic nitrogens is 3. The van der Waals surface area contributed by atoms with Gasteiger partial charge in [0.05, 0.1) is 10.4 Å². The van der Waals surface area contributed by atoms with Crippen LogP contribution in [-0.4, -0.2) is 72.0 Å². The van der Waals surface area contributed by atoms with Gasteiger partial charge < -0.3 is 15.2 Å². The summed E-state index contributed by atoms with van der Waals surface area (Å²) in [6.45, 7) is 4.53. The van der Waals surface area contributed by atoms with Crippen molar-refractivity contribution in [3.63, 3.8) is 0 Å². The van der Waals surface area contributed by atoms with E-state index in [0.29, 0.717) is 34.6 Å². The number of nitrogens with zero attached hydrogens (tertiary/aromatic N) is 5. The molecule has 2 aromatic carbocycles. The van der Waals surface area contributed by atoms with E-state index in [4.69, 9.17) is 25.8 Å². The van der Waals surface area contributed by atoms with E-state index in [0.717, 1.165) is 68.5 Å². The van der Waals surface area contributed by atoms with E-state index in [2.05, 4.69) is 42.7 Å². The predicted octanol–water partition coefficient (Wildman–Crippen LogP) is 4.48. The number of nitrogen functional groups attached to an aromatic ring is 1. The first-order valence-electron chi connectivity index (χ1n) is 13.8. The van der Waals surface area contributed by atoms with Crippen molar-refractivity contribution in [1.29, 1.82) is 0 Å². The number of thiol groups is 1. The van der Waals surface area contributed by atoms with Crippen LogP contribution in [0.5, 0.6) is 0 Å². The summed E-state index contributed by atoms with van der Waals surface area (Å²) in [6.07, 6.45) is 7.95. The number of hydrogen-bond acceptors (Lipinski definition) is 7. The van der Waals surface area contributed by atoms with Crippen molar-refractivity contribution in [2.45, 2.75) is 37.8 Å². The molecular formula is C29H34ClF2N7O2S. The minimum Gasteiger partial charge on any atom is -0.383 e. The SMILES string of the molecule is CN1CCN(C2CCC(n3cc(-c4ccc(-c5ccc(F)cc5Cl)c(F)c4)c4c(N)ncnc43)CC2)CC1.N[SH](=O)=O. The van der Waals surface area contributed by atoms with E-state index in [1.54, 1.807) is 6.07 Å². The Balaban J connectivity index is 0.000000830. The first-order valence-corrected chi connectivity index (χ1v) is 15.4. The molecule has 1 saturated carbocycles. The summed E-state index contributed by atoms with van der Waals surface area (Å²) < 4.78 is 48.7. The fourth-order valence-corrected chi connectivity index (χ4v) is 6.37. The van der Waals surface area contributed by atoms with Gasteiger partial charge in [-0.2, -0.15) is 0 Å². The molecule has 1 aliphatic carbocycles. The molecule has 0 radical (unpaired) electrons. The van der Waals surface area contributed by atoms with E-state index < -0.39 is 22.5 Å². The fraction of sp³-hybridized carbons (Fsp3) is 0.379. The molecule has 0 amide bonds. The maximum atomic E-state index is 15.4. The average Bonchev–Trinajstić information content (AvgIpc) is 3.35. The second-order valence-electron chi connectivity index (χ2n) is 10.8. The number of rotatable bonds is 4. The standard InChI is InChI=1S/C29H31ClF2N6.H3NO2S/c1-36-10-12-37(13-11-36)20-4-6-21(7-5-20)38-16-24(27-28(33)34-17-35-29(27)38)18-2-8-23(26(32)14-18)22-9-3-19(31)15-25(22)30;1-4(2)3/h2-3,8-9,14-17,20-21H,4-7,10-13H2,1H3,(H2,33,34,35);4H,(H2,1,2,3). The molecule has 224 valence electrons. The van der Waals surface area contributed by atoms with Crippen LogP contribution in [0.15, 0.2) is 48.9 Å². The van der Waals surface area contributed by atoms with Crippen LogP contribution in [0.3, 0.4) is 0 Å². The minimum absolute atomic E-state index is 0.165. The molecule has 3 heterocycles. The smallest absolute Gasteiger partial charge is 0.198 e. The molecule has 1 aliphatic heterocycles. The number of benzene rings is 2. The van der Waals surface area contributed by atoms with Crippen molar-refractivity contribution < 1.29 is 17.2 Å². The highest BCUT2D eigenvalue weighted by molar-refractivity contribution is 7.69. The Bertz CT molecular complexity index is 1640. The number of piperazine rings is 1. The lowest BCUT2D eigenvalue weighted by Crippen LogP contribution is -2.49. The number of anilines is 1. The highest BCUT2D eigenvalue weighted by Crippen LogP contribution is 2.40. The van der Waals surface area contributed by atoms with Crippen LogP contribution in [0.4, 0.5) is 14.6 Å². The zero-order valence-corrected chi connectivity index (χ0v) is 24.9. The van der Waals surface area contributed by atoms with Crippen LogP contribution in [0.25, 0.3) is 33.3 Å². The third kappa shape index (κ3) is 6.57. The van der Waals surface area contributed by atoms with Crippen molar-refractivity contribution in [2.75, 3.05) is 39.0 Å². The monoisotopic (exact) mass is 617 g/mol. The molecule has 1 saturated heterocycles. The molecule has 4 N–H and O–H groups in total. The Kier molecular flexibility index (Phi) is 9.38. The summed E-state index contributed by atoms with van der Waals surface area (Å²) in [4.78, 5) is 13.9. The van der Waals surface area contributed by atoms with E-state index >= 15 is 4.39 Å². The zero-order valence-electron chi connectivity index (χ0n) is 23.2. The van der Waals surface area contributed by atoms with Gasteiger partial charge in [-0.1, -0.05) is 23.7 Å². The van der Waals surface area contributed by atoms with Crippen molar-refractivity contribution in [3.8, 4) is 22.3 Å². The predicted molar refractivity (Wildman–Crippen MR) is 163 cm³/mol. The second-order valence-corrected chi connectivity index (χ2v) is 11.8. The molecular weight excluding hydrogens is 584 g/mol. The first-order chi connectivity index (χ1) is 20.1. The van der Waals surface area contributed by atoms with Crippen LogP contribution < -0.4 is 10.9 Å². The highest BCUT2D eigenvalue weighted by Gasteiger charge is 2.30. The number of hydrogen-bond donors (Lipinski definition) is 3. The molecule has 42 heavy (non-hydrogen) atoms. The largest absolute Gasteiger partial charge is 0.383 e. The summed E-state index contributed by atoms with van der Waals surface area (Å²) in [5.41, 5.74) is 9.36. The summed E-state index contributed by atoms with van der Waals surface area (Å²) in [6, 6.07) is 9.87.